The number of hydrogen-bond acceptors (Lipinski definition) is 4. The van der Waals surface area contributed by atoms with Crippen LogP contribution in [0.4, 0.5) is 0 Å². The number of aliphatic hydroxyl groups excluding tert-OH is 1. The van der Waals surface area contributed by atoms with Crippen molar-refractivity contribution in [3.8, 4) is 0 Å². The molecule has 0 bridgehead atoms. The molecule has 1 heterocycles. The van der Waals surface area contributed by atoms with Crippen LogP contribution in [-0.2, 0) is 4.79 Å². The zero-order valence-electron chi connectivity index (χ0n) is 11.4. The summed E-state index contributed by atoms with van der Waals surface area (Å²) < 4.78 is 0. The lowest BCUT2D eigenvalue weighted by Gasteiger charge is -2.37. The number of carbonyl (C=O) groups is 1. The molecule has 5 nitrogen and oxygen atoms in total. The number of nitrogens with zero attached hydrogens (tertiary/aromatic N) is 2. The van der Waals surface area contributed by atoms with Crippen molar-refractivity contribution >= 4 is 5.91 Å². The highest BCUT2D eigenvalue weighted by Gasteiger charge is 2.25. The highest BCUT2D eigenvalue weighted by molar-refractivity contribution is 5.81. The molecule has 0 aromatic rings. The molecule has 0 aromatic heterocycles. The van der Waals surface area contributed by atoms with E-state index in [1.165, 1.54) is 0 Å². The van der Waals surface area contributed by atoms with Gasteiger partial charge >= 0.3 is 0 Å². The lowest BCUT2D eigenvalue weighted by molar-refractivity contribution is -0.126. The topological polar surface area (TPSA) is 55.8 Å². The smallest absolute Gasteiger partial charge is 0.237 e. The quantitative estimate of drug-likeness (QED) is 0.639. The van der Waals surface area contributed by atoms with Crippen LogP contribution in [0.25, 0.3) is 0 Å². The molecule has 0 radical (unpaired) electrons. The van der Waals surface area contributed by atoms with Gasteiger partial charge in [0.15, 0.2) is 0 Å². The van der Waals surface area contributed by atoms with Gasteiger partial charge in [-0.25, -0.2) is 0 Å². The van der Waals surface area contributed by atoms with E-state index in [-0.39, 0.29) is 18.1 Å². The first-order chi connectivity index (χ1) is 8.54. The van der Waals surface area contributed by atoms with Gasteiger partial charge in [0.05, 0.1) is 12.1 Å². The summed E-state index contributed by atoms with van der Waals surface area (Å²) >= 11 is 0. The fourth-order valence-electron chi connectivity index (χ4n) is 2.19. The van der Waals surface area contributed by atoms with Gasteiger partial charge in [-0.05, 0) is 13.8 Å². The Bertz CT molecular complexity index is 273. The van der Waals surface area contributed by atoms with Crippen LogP contribution in [0.5, 0.6) is 0 Å². The molecule has 5 heteroatoms. The molecule has 1 aliphatic heterocycles. The zero-order chi connectivity index (χ0) is 13.5. The van der Waals surface area contributed by atoms with Crippen molar-refractivity contribution in [1.29, 1.82) is 0 Å². The van der Waals surface area contributed by atoms with Crippen LogP contribution in [0.2, 0.25) is 0 Å². The molecule has 1 fully saturated rings. The van der Waals surface area contributed by atoms with Gasteiger partial charge < -0.3 is 10.4 Å². The average molecular weight is 255 g/mol. The van der Waals surface area contributed by atoms with E-state index < -0.39 is 0 Å². The van der Waals surface area contributed by atoms with E-state index in [9.17, 15) is 9.90 Å². The van der Waals surface area contributed by atoms with Crippen LogP contribution in [0.1, 0.15) is 13.8 Å². The van der Waals surface area contributed by atoms with Crippen molar-refractivity contribution in [2.24, 2.45) is 0 Å². The number of rotatable bonds is 6. The Morgan fingerprint density at radius 3 is 2.50 bits per heavy atom. The van der Waals surface area contributed by atoms with Crippen molar-refractivity contribution in [3.05, 3.63) is 12.7 Å². The van der Waals surface area contributed by atoms with Crippen molar-refractivity contribution < 1.29 is 9.90 Å². The van der Waals surface area contributed by atoms with E-state index in [0.717, 1.165) is 26.2 Å². The van der Waals surface area contributed by atoms with Gasteiger partial charge in [0.2, 0.25) is 5.91 Å². The summed E-state index contributed by atoms with van der Waals surface area (Å²) in [5.74, 6) is 0.0545. The van der Waals surface area contributed by atoms with Crippen LogP contribution < -0.4 is 5.32 Å². The number of carbonyl (C=O) groups excluding carboxylic acids is 1. The van der Waals surface area contributed by atoms with Gasteiger partial charge in [0, 0.05) is 39.3 Å². The molecule has 1 saturated heterocycles. The first-order valence-corrected chi connectivity index (χ1v) is 6.57. The Kier molecular flexibility index (Phi) is 6.32. The Labute approximate surface area is 109 Å². The molecule has 1 rings (SSSR count). The van der Waals surface area contributed by atoms with Gasteiger partial charge in [-0.2, -0.15) is 0 Å². The lowest BCUT2D eigenvalue weighted by atomic mass is 10.2. The number of hydrogen-bond donors (Lipinski definition) is 2. The van der Waals surface area contributed by atoms with Crippen molar-refractivity contribution in [2.45, 2.75) is 26.0 Å². The number of piperazine rings is 1. The molecule has 0 spiro atoms. The van der Waals surface area contributed by atoms with E-state index in [2.05, 4.69) is 21.7 Å². The summed E-state index contributed by atoms with van der Waals surface area (Å²) in [6.07, 6.45) is 1.40. The van der Waals surface area contributed by atoms with Crippen LogP contribution >= 0.6 is 0 Å². The van der Waals surface area contributed by atoms with Crippen LogP contribution in [0.15, 0.2) is 12.7 Å². The predicted molar refractivity (Wildman–Crippen MR) is 72.4 cm³/mol. The minimum Gasteiger partial charge on any atom is -0.392 e. The van der Waals surface area contributed by atoms with E-state index in [0.29, 0.717) is 13.1 Å². The second kappa shape index (κ2) is 7.51. The molecular weight excluding hydrogens is 230 g/mol. The normalized spacial score (nSPS) is 21.3. The Hall–Kier alpha value is -0.910. The molecule has 0 unspecified atom stereocenters. The van der Waals surface area contributed by atoms with E-state index in [4.69, 9.17) is 0 Å². The molecule has 18 heavy (non-hydrogen) atoms. The molecular formula is C13H25N3O2. The molecule has 0 aliphatic carbocycles. The third kappa shape index (κ3) is 4.76. The molecule has 2 atom stereocenters. The number of nitrogens with one attached hydrogen (secondary N) is 1. The standard InChI is InChI=1S/C13H25N3O2/c1-4-5-14-13(18)12(3)16-8-6-15(7-9-16)10-11(2)17/h4,11-12,17H,1,5-10H2,2-3H3,(H,14,18)/t11-,12-/m0/s1. The third-order valence-electron chi connectivity index (χ3n) is 3.28. The first-order valence-electron chi connectivity index (χ1n) is 6.57. The fraction of sp³-hybridized carbons (Fsp3) is 0.769. The van der Waals surface area contributed by atoms with Gasteiger partial charge in [0.25, 0.3) is 0 Å². The summed E-state index contributed by atoms with van der Waals surface area (Å²) in [4.78, 5) is 16.2. The molecule has 2 N–H and O–H groups in total. The minimum atomic E-state index is -0.287. The number of β-amino-alcohol motifs (C(OH)–C–C–N with tert-alkyl or cyclic N) is 1. The lowest BCUT2D eigenvalue weighted by Crippen LogP contribution is -2.54. The van der Waals surface area contributed by atoms with Crippen LogP contribution in [-0.4, -0.2) is 72.2 Å². The Morgan fingerprint density at radius 2 is 2.00 bits per heavy atom. The summed E-state index contributed by atoms with van der Waals surface area (Å²) in [5, 5.41) is 12.2. The molecule has 1 aliphatic rings. The number of aliphatic hydroxyl groups is 1. The maximum Gasteiger partial charge on any atom is 0.237 e. The Morgan fingerprint density at radius 1 is 1.39 bits per heavy atom. The highest BCUT2D eigenvalue weighted by Crippen LogP contribution is 2.07. The fourth-order valence-corrected chi connectivity index (χ4v) is 2.19. The van der Waals surface area contributed by atoms with Gasteiger partial charge in [-0.1, -0.05) is 6.08 Å². The summed E-state index contributed by atoms with van der Waals surface area (Å²) in [5.41, 5.74) is 0. The maximum absolute atomic E-state index is 11.8. The van der Waals surface area contributed by atoms with Gasteiger partial charge in [0.1, 0.15) is 0 Å². The Balaban J connectivity index is 2.33. The van der Waals surface area contributed by atoms with Crippen molar-refractivity contribution in [3.63, 3.8) is 0 Å². The first kappa shape index (κ1) is 15.1. The molecule has 1 amide bonds. The summed E-state index contributed by atoms with van der Waals surface area (Å²) in [6, 6.07) is -0.0985. The second-order valence-electron chi connectivity index (χ2n) is 4.90. The van der Waals surface area contributed by atoms with Crippen LogP contribution in [0.3, 0.4) is 0 Å². The summed E-state index contributed by atoms with van der Waals surface area (Å²) in [7, 11) is 0. The minimum absolute atomic E-state index is 0.0545. The molecule has 0 saturated carbocycles. The van der Waals surface area contributed by atoms with E-state index in [1.807, 2.05) is 6.92 Å². The molecule has 0 aromatic carbocycles. The maximum atomic E-state index is 11.8. The van der Waals surface area contributed by atoms with Crippen molar-refractivity contribution in [1.82, 2.24) is 15.1 Å². The van der Waals surface area contributed by atoms with Gasteiger partial charge in [-0.15, -0.1) is 6.58 Å². The van der Waals surface area contributed by atoms with Crippen molar-refractivity contribution in [2.75, 3.05) is 39.3 Å². The average Bonchev–Trinajstić information content (AvgIpc) is 2.35. The van der Waals surface area contributed by atoms with Crippen LogP contribution in [0, 0.1) is 0 Å². The predicted octanol–water partition coefficient (Wildman–Crippen LogP) is -0.324. The largest absolute Gasteiger partial charge is 0.392 e. The van der Waals surface area contributed by atoms with Gasteiger partial charge in [-0.3, -0.25) is 14.6 Å². The molecule has 104 valence electrons. The second-order valence-corrected chi connectivity index (χ2v) is 4.90. The zero-order valence-corrected chi connectivity index (χ0v) is 11.4. The monoisotopic (exact) mass is 255 g/mol. The van der Waals surface area contributed by atoms with E-state index in [1.54, 1.807) is 13.0 Å². The SMILES string of the molecule is C=CCNC(=O)[C@H](C)N1CCN(C[C@H](C)O)CC1. The third-order valence-corrected chi connectivity index (χ3v) is 3.28. The summed E-state index contributed by atoms with van der Waals surface area (Å²) in [6.45, 7) is 12.1. The number of amides is 1. The van der Waals surface area contributed by atoms with E-state index >= 15 is 0 Å². The highest BCUT2D eigenvalue weighted by atomic mass is 16.3.